The first-order chi connectivity index (χ1) is 13.1. The number of aromatic nitrogens is 2. The SMILES string of the molecule is C=C1C=CN([C@H]2CC[C@H](COCCC(F)F)CC2)c2c1cnc1[nH]ccc21. The summed E-state index contributed by atoms with van der Waals surface area (Å²) in [6.07, 6.45) is 9.81. The van der Waals surface area contributed by atoms with Gasteiger partial charge in [-0.2, -0.15) is 0 Å². The van der Waals surface area contributed by atoms with Crippen LogP contribution in [-0.4, -0.2) is 35.6 Å². The Balaban J connectivity index is 1.43. The number of hydrogen-bond acceptors (Lipinski definition) is 3. The van der Waals surface area contributed by atoms with Gasteiger partial charge in [0, 0.05) is 48.6 Å². The van der Waals surface area contributed by atoms with E-state index < -0.39 is 6.43 Å². The maximum Gasteiger partial charge on any atom is 0.240 e. The van der Waals surface area contributed by atoms with Crippen LogP contribution in [0.15, 0.2) is 37.3 Å². The lowest BCUT2D eigenvalue weighted by Gasteiger charge is -2.39. The number of nitrogens with zero attached hydrogens (tertiary/aromatic N) is 2. The molecule has 144 valence electrons. The van der Waals surface area contributed by atoms with Crippen LogP contribution >= 0.6 is 0 Å². The fourth-order valence-corrected chi connectivity index (χ4v) is 4.16. The molecule has 1 aliphatic heterocycles. The van der Waals surface area contributed by atoms with Crippen LogP contribution in [0.5, 0.6) is 0 Å². The van der Waals surface area contributed by atoms with Gasteiger partial charge in [-0.1, -0.05) is 6.58 Å². The maximum atomic E-state index is 12.2. The highest BCUT2D eigenvalue weighted by atomic mass is 19.3. The molecular weight excluding hydrogens is 348 g/mol. The van der Waals surface area contributed by atoms with Crippen LogP contribution in [0.1, 0.15) is 37.7 Å². The molecule has 1 N–H and O–H groups in total. The van der Waals surface area contributed by atoms with Crippen LogP contribution in [0.3, 0.4) is 0 Å². The molecule has 0 amide bonds. The Labute approximate surface area is 157 Å². The van der Waals surface area contributed by atoms with Crippen molar-refractivity contribution in [2.75, 3.05) is 18.1 Å². The number of nitrogens with one attached hydrogen (secondary N) is 1. The molecule has 4 rings (SSSR count). The van der Waals surface area contributed by atoms with Gasteiger partial charge in [0.1, 0.15) is 5.65 Å². The van der Waals surface area contributed by atoms with Crippen molar-refractivity contribution in [2.45, 2.75) is 44.6 Å². The summed E-state index contributed by atoms with van der Waals surface area (Å²) in [4.78, 5) is 10.1. The summed E-state index contributed by atoms with van der Waals surface area (Å²) < 4.78 is 29.8. The van der Waals surface area contributed by atoms with Gasteiger partial charge < -0.3 is 14.6 Å². The molecule has 1 fully saturated rings. The Bertz CT molecular complexity index is 837. The number of alkyl halides is 2. The van der Waals surface area contributed by atoms with Gasteiger partial charge in [0.05, 0.1) is 12.3 Å². The number of rotatable bonds is 6. The van der Waals surface area contributed by atoms with E-state index in [1.54, 1.807) is 0 Å². The van der Waals surface area contributed by atoms with E-state index in [0.29, 0.717) is 18.6 Å². The van der Waals surface area contributed by atoms with Crippen LogP contribution in [0.4, 0.5) is 14.5 Å². The Hall–Kier alpha value is -2.21. The maximum absolute atomic E-state index is 12.2. The third kappa shape index (κ3) is 3.76. The molecule has 0 radical (unpaired) electrons. The van der Waals surface area contributed by atoms with Crippen molar-refractivity contribution in [1.29, 1.82) is 0 Å². The van der Waals surface area contributed by atoms with Crippen molar-refractivity contribution in [3.05, 3.63) is 42.9 Å². The summed E-state index contributed by atoms with van der Waals surface area (Å²) in [6.45, 7) is 4.90. The molecule has 3 heterocycles. The zero-order valence-corrected chi connectivity index (χ0v) is 15.3. The first-order valence-electron chi connectivity index (χ1n) is 9.61. The van der Waals surface area contributed by atoms with Gasteiger partial charge in [-0.05, 0) is 49.3 Å². The van der Waals surface area contributed by atoms with Crippen molar-refractivity contribution in [2.24, 2.45) is 5.92 Å². The Morgan fingerprint density at radius 1 is 1.30 bits per heavy atom. The van der Waals surface area contributed by atoms with Crippen molar-refractivity contribution in [1.82, 2.24) is 9.97 Å². The molecule has 0 spiro atoms. The molecule has 4 nitrogen and oxygen atoms in total. The molecule has 2 aromatic heterocycles. The second-order valence-corrected chi connectivity index (χ2v) is 7.44. The fraction of sp³-hybridized carbons (Fsp3) is 0.476. The number of allylic oxidation sites excluding steroid dienone is 2. The lowest BCUT2D eigenvalue weighted by atomic mass is 9.85. The topological polar surface area (TPSA) is 41.1 Å². The molecule has 0 unspecified atom stereocenters. The highest BCUT2D eigenvalue weighted by Gasteiger charge is 2.29. The Morgan fingerprint density at radius 2 is 2.11 bits per heavy atom. The van der Waals surface area contributed by atoms with Gasteiger partial charge >= 0.3 is 0 Å². The zero-order chi connectivity index (χ0) is 18.8. The van der Waals surface area contributed by atoms with Crippen LogP contribution in [0, 0.1) is 5.92 Å². The number of H-pyrrole nitrogens is 1. The second-order valence-electron chi connectivity index (χ2n) is 7.44. The molecular formula is C21H25F2N3O. The summed E-state index contributed by atoms with van der Waals surface area (Å²) >= 11 is 0. The average molecular weight is 373 g/mol. The van der Waals surface area contributed by atoms with Gasteiger partial charge in [-0.15, -0.1) is 0 Å². The summed E-state index contributed by atoms with van der Waals surface area (Å²) in [5.74, 6) is 0.465. The third-order valence-electron chi connectivity index (χ3n) is 5.64. The van der Waals surface area contributed by atoms with Crippen molar-refractivity contribution in [3.63, 3.8) is 0 Å². The Kier molecular flexibility index (Phi) is 5.25. The molecule has 6 heteroatoms. The highest BCUT2D eigenvalue weighted by molar-refractivity contribution is 6.00. The van der Waals surface area contributed by atoms with Crippen LogP contribution in [-0.2, 0) is 4.74 Å². The number of pyridine rings is 1. The lowest BCUT2D eigenvalue weighted by molar-refractivity contribution is 0.0432. The van der Waals surface area contributed by atoms with E-state index in [0.717, 1.165) is 47.9 Å². The van der Waals surface area contributed by atoms with Gasteiger partial charge in [0.2, 0.25) is 6.43 Å². The van der Waals surface area contributed by atoms with Gasteiger partial charge in [0.15, 0.2) is 0 Å². The number of fused-ring (bicyclic) bond motifs is 3. The van der Waals surface area contributed by atoms with Gasteiger partial charge in [0.25, 0.3) is 0 Å². The summed E-state index contributed by atoms with van der Waals surface area (Å²) in [6, 6.07) is 2.49. The predicted molar refractivity (Wildman–Crippen MR) is 104 cm³/mol. The molecule has 0 saturated heterocycles. The smallest absolute Gasteiger partial charge is 0.240 e. The molecule has 0 bridgehead atoms. The quantitative estimate of drug-likeness (QED) is 0.713. The van der Waals surface area contributed by atoms with E-state index in [2.05, 4.69) is 39.8 Å². The molecule has 27 heavy (non-hydrogen) atoms. The Morgan fingerprint density at radius 3 is 2.89 bits per heavy atom. The predicted octanol–water partition coefficient (Wildman–Crippen LogP) is 5.14. The van der Waals surface area contributed by atoms with E-state index in [1.807, 2.05) is 12.4 Å². The summed E-state index contributed by atoms with van der Waals surface area (Å²) in [5.41, 5.74) is 4.15. The summed E-state index contributed by atoms with van der Waals surface area (Å²) in [5, 5.41) is 1.12. The largest absolute Gasteiger partial charge is 0.381 e. The van der Waals surface area contributed by atoms with Crippen LogP contribution in [0.2, 0.25) is 0 Å². The highest BCUT2D eigenvalue weighted by Crippen LogP contribution is 2.41. The third-order valence-corrected chi connectivity index (χ3v) is 5.64. The van der Waals surface area contributed by atoms with E-state index in [9.17, 15) is 8.78 Å². The van der Waals surface area contributed by atoms with Gasteiger partial charge in [-0.25, -0.2) is 13.8 Å². The minimum Gasteiger partial charge on any atom is -0.381 e. The van der Waals surface area contributed by atoms with Crippen LogP contribution in [0.25, 0.3) is 16.6 Å². The molecule has 0 atom stereocenters. The van der Waals surface area contributed by atoms with Crippen LogP contribution < -0.4 is 4.90 Å². The minimum absolute atomic E-state index is 0.153. The monoisotopic (exact) mass is 373 g/mol. The van der Waals surface area contributed by atoms with E-state index in [-0.39, 0.29) is 13.0 Å². The fourth-order valence-electron chi connectivity index (χ4n) is 4.16. The second kappa shape index (κ2) is 7.80. The van der Waals surface area contributed by atoms with Gasteiger partial charge in [-0.3, -0.25) is 0 Å². The number of ether oxygens (including phenoxy) is 1. The minimum atomic E-state index is -2.28. The standard InChI is InChI=1S/C21H25F2N3O/c1-14-7-10-26(20-17-6-9-24-21(17)25-12-18(14)20)16-4-2-15(3-5-16)13-27-11-8-19(22)23/h6-7,9-10,12,15-16,19H,1-5,8,11,13H2,(H,24,25)/t15-,16-. The van der Waals surface area contributed by atoms with E-state index >= 15 is 0 Å². The summed E-state index contributed by atoms with van der Waals surface area (Å²) in [7, 11) is 0. The van der Waals surface area contributed by atoms with Crippen molar-refractivity contribution >= 4 is 22.3 Å². The lowest BCUT2D eigenvalue weighted by Crippen LogP contribution is -2.36. The van der Waals surface area contributed by atoms with E-state index in [4.69, 9.17) is 4.74 Å². The van der Waals surface area contributed by atoms with Crippen molar-refractivity contribution in [3.8, 4) is 0 Å². The van der Waals surface area contributed by atoms with E-state index in [1.165, 1.54) is 5.69 Å². The van der Waals surface area contributed by atoms with Crippen molar-refractivity contribution < 1.29 is 13.5 Å². The molecule has 2 aliphatic rings. The molecule has 0 aromatic carbocycles. The first kappa shape index (κ1) is 18.2. The number of hydrogen-bond donors (Lipinski definition) is 1. The average Bonchev–Trinajstić information content (AvgIpc) is 3.15. The zero-order valence-electron chi connectivity index (χ0n) is 15.3. The number of aromatic amines is 1. The normalized spacial score (nSPS) is 22.6. The molecule has 1 saturated carbocycles. The number of anilines is 1. The molecule has 2 aromatic rings. The first-order valence-corrected chi connectivity index (χ1v) is 9.61. The molecule has 1 aliphatic carbocycles. The number of halogens is 2.